The van der Waals surface area contributed by atoms with Crippen LogP contribution >= 0.6 is 11.6 Å². The SMILES string of the molecule is CCN(CC)C(=O)C1CCN(C(=O)/C=C/c2c(C)nn(CC(C)C)c2Cl)CC1. The number of hydrogen-bond donors (Lipinski definition) is 0. The maximum Gasteiger partial charge on any atom is 0.246 e. The lowest BCUT2D eigenvalue weighted by Crippen LogP contribution is -2.44. The molecule has 0 atom stereocenters. The summed E-state index contributed by atoms with van der Waals surface area (Å²) < 4.78 is 1.79. The molecule has 2 rings (SSSR count). The Balaban J connectivity index is 1.96. The van der Waals surface area contributed by atoms with Crippen LogP contribution < -0.4 is 0 Å². The molecular weight excluding hydrogens is 376 g/mol. The molecule has 1 saturated heterocycles. The highest BCUT2D eigenvalue weighted by Gasteiger charge is 2.28. The van der Waals surface area contributed by atoms with E-state index in [1.54, 1.807) is 16.8 Å². The van der Waals surface area contributed by atoms with Crippen molar-refractivity contribution in [3.05, 3.63) is 22.5 Å². The molecule has 0 saturated carbocycles. The Morgan fingerprint density at radius 2 is 1.86 bits per heavy atom. The molecule has 1 aromatic heterocycles. The summed E-state index contributed by atoms with van der Waals surface area (Å²) in [7, 11) is 0. The zero-order valence-electron chi connectivity index (χ0n) is 17.7. The normalized spacial score (nSPS) is 15.6. The fraction of sp³-hybridized carbons (Fsp3) is 0.667. The molecule has 28 heavy (non-hydrogen) atoms. The summed E-state index contributed by atoms with van der Waals surface area (Å²) >= 11 is 6.44. The number of rotatable bonds is 7. The second-order valence-corrected chi connectivity index (χ2v) is 8.17. The highest BCUT2D eigenvalue weighted by molar-refractivity contribution is 6.31. The zero-order chi connectivity index (χ0) is 20.8. The number of carbonyl (C=O) groups excluding carboxylic acids is 2. The average Bonchev–Trinajstić information content (AvgIpc) is 2.93. The van der Waals surface area contributed by atoms with E-state index in [2.05, 4.69) is 18.9 Å². The van der Waals surface area contributed by atoms with Gasteiger partial charge < -0.3 is 9.80 Å². The van der Waals surface area contributed by atoms with Crippen molar-refractivity contribution < 1.29 is 9.59 Å². The van der Waals surface area contributed by atoms with Gasteiger partial charge in [-0.1, -0.05) is 25.4 Å². The monoisotopic (exact) mass is 408 g/mol. The first-order valence-electron chi connectivity index (χ1n) is 10.3. The Hall–Kier alpha value is -1.82. The van der Waals surface area contributed by atoms with E-state index in [0.29, 0.717) is 24.2 Å². The van der Waals surface area contributed by atoms with Crippen molar-refractivity contribution in [3.8, 4) is 0 Å². The lowest BCUT2D eigenvalue weighted by molar-refractivity contribution is -0.139. The molecule has 0 unspecified atom stereocenters. The van der Waals surface area contributed by atoms with Crippen molar-refractivity contribution in [2.75, 3.05) is 26.2 Å². The third-order valence-electron chi connectivity index (χ3n) is 5.27. The topological polar surface area (TPSA) is 58.4 Å². The summed E-state index contributed by atoms with van der Waals surface area (Å²) in [5.74, 6) is 0.642. The lowest BCUT2D eigenvalue weighted by atomic mass is 9.95. The lowest BCUT2D eigenvalue weighted by Gasteiger charge is -2.33. The molecule has 0 spiro atoms. The molecule has 156 valence electrons. The number of amides is 2. The van der Waals surface area contributed by atoms with Crippen molar-refractivity contribution in [2.24, 2.45) is 11.8 Å². The third-order valence-corrected chi connectivity index (χ3v) is 5.67. The highest BCUT2D eigenvalue weighted by atomic mass is 35.5. The van der Waals surface area contributed by atoms with Gasteiger partial charge in [-0.05, 0) is 45.6 Å². The van der Waals surface area contributed by atoms with Gasteiger partial charge in [-0.3, -0.25) is 14.3 Å². The van der Waals surface area contributed by atoms with Crippen LogP contribution in [0.2, 0.25) is 5.15 Å². The van der Waals surface area contributed by atoms with Gasteiger partial charge in [0.15, 0.2) is 0 Å². The van der Waals surface area contributed by atoms with E-state index in [1.165, 1.54) is 0 Å². The van der Waals surface area contributed by atoms with E-state index in [1.807, 2.05) is 30.6 Å². The summed E-state index contributed by atoms with van der Waals surface area (Å²) in [5, 5.41) is 5.04. The number of aryl methyl sites for hydroxylation is 1. The first kappa shape index (κ1) is 22.5. The third kappa shape index (κ3) is 5.37. The van der Waals surface area contributed by atoms with Gasteiger partial charge in [-0.2, -0.15) is 5.10 Å². The first-order valence-corrected chi connectivity index (χ1v) is 10.6. The van der Waals surface area contributed by atoms with Crippen molar-refractivity contribution in [3.63, 3.8) is 0 Å². The molecule has 0 N–H and O–H groups in total. The fourth-order valence-corrected chi connectivity index (χ4v) is 3.93. The molecule has 1 fully saturated rings. The van der Waals surface area contributed by atoms with E-state index in [9.17, 15) is 9.59 Å². The van der Waals surface area contributed by atoms with Gasteiger partial charge in [0.25, 0.3) is 0 Å². The summed E-state index contributed by atoms with van der Waals surface area (Å²) in [6.45, 7) is 13.6. The van der Waals surface area contributed by atoms with Gasteiger partial charge in [0.05, 0.1) is 5.69 Å². The molecule has 7 heteroatoms. The van der Waals surface area contributed by atoms with Crippen LogP contribution in [-0.4, -0.2) is 57.6 Å². The molecular formula is C21H33ClN4O2. The standard InChI is InChI=1S/C21H33ClN4O2/c1-6-24(7-2)21(28)17-10-12-25(13-11-17)19(27)9-8-18-16(5)23-26(20(18)22)14-15(3)4/h8-9,15,17H,6-7,10-14H2,1-5H3/b9-8+. The molecule has 6 nitrogen and oxygen atoms in total. The van der Waals surface area contributed by atoms with Gasteiger partial charge in [-0.15, -0.1) is 0 Å². The number of halogens is 1. The van der Waals surface area contributed by atoms with E-state index in [0.717, 1.165) is 43.7 Å². The van der Waals surface area contributed by atoms with Crippen LogP contribution in [0.1, 0.15) is 51.8 Å². The minimum Gasteiger partial charge on any atom is -0.343 e. The predicted octanol–water partition coefficient (Wildman–Crippen LogP) is 3.62. The average molecular weight is 409 g/mol. The van der Waals surface area contributed by atoms with Crippen LogP contribution in [0.25, 0.3) is 6.08 Å². The summed E-state index contributed by atoms with van der Waals surface area (Å²) in [5.41, 5.74) is 1.61. The largest absolute Gasteiger partial charge is 0.343 e. The Bertz CT molecular complexity index is 714. The maximum absolute atomic E-state index is 12.6. The van der Waals surface area contributed by atoms with Gasteiger partial charge in [-0.25, -0.2) is 0 Å². The summed E-state index contributed by atoms with van der Waals surface area (Å²) in [4.78, 5) is 28.7. The van der Waals surface area contributed by atoms with Crippen molar-refractivity contribution in [2.45, 2.75) is 54.0 Å². The number of aromatic nitrogens is 2. The number of hydrogen-bond acceptors (Lipinski definition) is 3. The predicted molar refractivity (Wildman–Crippen MR) is 113 cm³/mol. The maximum atomic E-state index is 12.6. The number of likely N-dealkylation sites (tertiary alicyclic amines) is 1. The second kappa shape index (κ2) is 10.1. The minimum atomic E-state index is -0.0409. The second-order valence-electron chi connectivity index (χ2n) is 7.81. The molecule has 0 bridgehead atoms. The Morgan fingerprint density at radius 3 is 2.39 bits per heavy atom. The highest BCUT2D eigenvalue weighted by Crippen LogP contribution is 2.23. The van der Waals surface area contributed by atoms with Crippen molar-refractivity contribution in [1.82, 2.24) is 19.6 Å². The van der Waals surface area contributed by atoms with Crippen molar-refractivity contribution in [1.29, 1.82) is 0 Å². The van der Waals surface area contributed by atoms with Crippen LogP contribution in [0.4, 0.5) is 0 Å². The molecule has 0 aromatic carbocycles. The van der Waals surface area contributed by atoms with Crippen LogP contribution in [0.5, 0.6) is 0 Å². The first-order chi connectivity index (χ1) is 13.3. The molecule has 0 radical (unpaired) electrons. The zero-order valence-corrected chi connectivity index (χ0v) is 18.5. The fourth-order valence-electron chi connectivity index (χ4n) is 3.62. The van der Waals surface area contributed by atoms with Gasteiger partial charge in [0, 0.05) is 50.3 Å². The summed E-state index contributed by atoms with van der Waals surface area (Å²) in [6.07, 6.45) is 4.78. The Morgan fingerprint density at radius 1 is 1.25 bits per heavy atom. The van der Waals surface area contributed by atoms with Gasteiger partial charge in [0.1, 0.15) is 5.15 Å². The minimum absolute atomic E-state index is 0.0267. The summed E-state index contributed by atoms with van der Waals surface area (Å²) in [6, 6.07) is 0. The van der Waals surface area contributed by atoms with E-state index >= 15 is 0 Å². The molecule has 1 aliphatic heterocycles. The van der Waals surface area contributed by atoms with Gasteiger partial charge >= 0.3 is 0 Å². The number of piperidine rings is 1. The Labute approximate surface area is 173 Å². The van der Waals surface area contributed by atoms with E-state index in [4.69, 9.17) is 11.6 Å². The molecule has 1 aliphatic rings. The van der Waals surface area contributed by atoms with Crippen LogP contribution in [0.3, 0.4) is 0 Å². The van der Waals surface area contributed by atoms with Gasteiger partial charge in [0.2, 0.25) is 11.8 Å². The number of carbonyl (C=O) groups is 2. The van der Waals surface area contributed by atoms with Crippen LogP contribution in [0, 0.1) is 18.8 Å². The smallest absolute Gasteiger partial charge is 0.246 e. The molecule has 2 heterocycles. The molecule has 0 aliphatic carbocycles. The van der Waals surface area contributed by atoms with Crippen LogP contribution in [-0.2, 0) is 16.1 Å². The van der Waals surface area contributed by atoms with Crippen molar-refractivity contribution >= 4 is 29.5 Å². The number of nitrogens with zero attached hydrogens (tertiary/aromatic N) is 4. The molecule has 1 aromatic rings. The molecule has 2 amide bonds. The van der Waals surface area contributed by atoms with E-state index in [-0.39, 0.29) is 17.7 Å². The Kier molecular flexibility index (Phi) is 8.10. The van der Waals surface area contributed by atoms with E-state index < -0.39 is 0 Å². The van der Waals surface area contributed by atoms with Crippen LogP contribution in [0.15, 0.2) is 6.08 Å². The quantitative estimate of drug-likeness (QED) is 0.647.